The number of aromatic nitrogens is 1. The monoisotopic (exact) mass is 354 g/mol. The lowest BCUT2D eigenvalue weighted by Gasteiger charge is -2.38. The van der Waals surface area contributed by atoms with Crippen molar-refractivity contribution in [3.05, 3.63) is 54.2 Å². The zero-order valence-electron chi connectivity index (χ0n) is 15.3. The Kier molecular flexibility index (Phi) is 5.09. The van der Waals surface area contributed by atoms with Gasteiger partial charge in [0.05, 0.1) is 19.3 Å². The maximum Gasteiger partial charge on any atom is 0.213 e. The lowest BCUT2D eigenvalue weighted by Crippen LogP contribution is -2.44. The zero-order valence-corrected chi connectivity index (χ0v) is 15.3. The average Bonchev–Trinajstić information content (AvgIpc) is 3.07. The third kappa shape index (κ3) is 4.00. The number of ether oxygens (including phenoxy) is 3. The smallest absolute Gasteiger partial charge is 0.213 e. The van der Waals surface area contributed by atoms with Crippen molar-refractivity contribution >= 4 is 0 Å². The van der Waals surface area contributed by atoms with Crippen LogP contribution in [0, 0.1) is 0 Å². The van der Waals surface area contributed by atoms with Crippen molar-refractivity contribution in [2.24, 2.45) is 0 Å². The van der Waals surface area contributed by atoms with Crippen LogP contribution in [0.3, 0.4) is 0 Å². The van der Waals surface area contributed by atoms with Gasteiger partial charge in [-0.2, -0.15) is 0 Å². The van der Waals surface area contributed by atoms with Gasteiger partial charge in [0.2, 0.25) is 5.88 Å². The fraction of sp³-hybridized carbons (Fsp3) is 0.476. The molecule has 2 aliphatic heterocycles. The van der Waals surface area contributed by atoms with Gasteiger partial charge >= 0.3 is 0 Å². The summed E-state index contributed by atoms with van der Waals surface area (Å²) in [5, 5.41) is 0. The number of hydrogen-bond donors (Lipinski definition) is 0. The van der Waals surface area contributed by atoms with Crippen molar-refractivity contribution in [1.82, 2.24) is 9.88 Å². The molecule has 0 radical (unpaired) electrons. The van der Waals surface area contributed by atoms with Gasteiger partial charge in [0, 0.05) is 38.3 Å². The first-order chi connectivity index (χ1) is 12.7. The molecule has 2 saturated heterocycles. The fourth-order valence-corrected chi connectivity index (χ4v) is 3.92. The Balaban J connectivity index is 1.28. The van der Waals surface area contributed by atoms with Gasteiger partial charge < -0.3 is 14.2 Å². The number of piperidine rings is 1. The molecule has 26 heavy (non-hydrogen) atoms. The molecule has 0 amide bonds. The van der Waals surface area contributed by atoms with Gasteiger partial charge in [0.15, 0.2) is 0 Å². The summed E-state index contributed by atoms with van der Waals surface area (Å²) < 4.78 is 17.4. The van der Waals surface area contributed by atoms with Crippen LogP contribution in [-0.2, 0) is 11.3 Å². The number of likely N-dealkylation sites (tertiary alicyclic amines) is 1. The summed E-state index contributed by atoms with van der Waals surface area (Å²) >= 11 is 0. The quantitative estimate of drug-likeness (QED) is 0.824. The van der Waals surface area contributed by atoms with Crippen LogP contribution in [0.1, 0.15) is 24.8 Å². The number of pyridine rings is 1. The van der Waals surface area contributed by atoms with Gasteiger partial charge in [0.25, 0.3) is 0 Å². The second kappa shape index (κ2) is 7.64. The minimum Gasteiger partial charge on any atom is -0.497 e. The van der Waals surface area contributed by atoms with Crippen LogP contribution in [0.2, 0.25) is 0 Å². The van der Waals surface area contributed by atoms with E-state index < -0.39 is 0 Å². The Hall–Kier alpha value is -2.11. The highest BCUT2D eigenvalue weighted by atomic mass is 16.6. The van der Waals surface area contributed by atoms with E-state index in [1.54, 1.807) is 13.3 Å². The van der Waals surface area contributed by atoms with Crippen molar-refractivity contribution in [3.8, 4) is 11.6 Å². The van der Waals surface area contributed by atoms with Crippen LogP contribution in [0.25, 0.3) is 0 Å². The van der Waals surface area contributed by atoms with Crippen LogP contribution >= 0.6 is 0 Å². The molecule has 0 bridgehead atoms. The Morgan fingerprint density at radius 3 is 2.65 bits per heavy atom. The third-order valence-corrected chi connectivity index (χ3v) is 5.43. The van der Waals surface area contributed by atoms with E-state index in [9.17, 15) is 0 Å². The van der Waals surface area contributed by atoms with Crippen molar-refractivity contribution < 1.29 is 14.2 Å². The average molecular weight is 354 g/mol. The molecule has 1 spiro atoms. The Bertz CT molecular complexity index is 697. The highest BCUT2D eigenvalue weighted by molar-refractivity contribution is 5.27. The lowest BCUT2D eigenvalue weighted by molar-refractivity contribution is -0.0455. The Morgan fingerprint density at radius 2 is 1.96 bits per heavy atom. The van der Waals surface area contributed by atoms with Crippen molar-refractivity contribution in [1.29, 1.82) is 0 Å². The first-order valence-corrected chi connectivity index (χ1v) is 9.32. The zero-order chi connectivity index (χ0) is 17.8. The van der Waals surface area contributed by atoms with Gasteiger partial charge in [-0.1, -0.05) is 18.2 Å². The van der Waals surface area contributed by atoms with Crippen molar-refractivity contribution in [3.63, 3.8) is 0 Å². The summed E-state index contributed by atoms with van der Waals surface area (Å²) in [5.41, 5.74) is 1.31. The lowest BCUT2D eigenvalue weighted by atomic mass is 9.88. The highest BCUT2D eigenvalue weighted by Crippen LogP contribution is 2.37. The molecule has 0 N–H and O–H groups in total. The molecule has 1 aromatic heterocycles. The molecular weight excluding hydrogens is 328 g/mol. The normalized spacial score (nSPS) is 22.4. The number of hydrogen-bond acceptors (Lipinski definition) is 5. The fourth-order valence-electron chi connectivity index (χ4n) is 3.92. The largest absolute Gasteiger partial charge is 0.497 e. The molecule has 2 aromatic rings. The maximum atomic E-state index is 6.20. The van der Waals surface area contributed by atoms with Gasteiger partial charge in [0.1, 0.15) is 11.9 Å². The van der Waals surface area contributed by atoms with Crippen molar-refractivity contribution in [2.75, 3.05) is 26.8 Å². The molecule has 0 aliphatic carbocycles. The highest BCUT2D eigenvalue weighted by Gasteiger charge is 2.43. The van der Waals surface area contributed by atoms with Crippen LogP contribution in [0.4, 0.5) is 0 Å². The van der Waals surface area contributed by atoms with E-state index in [1.165, 1.54) is 5.56 Å². The maximum absolute atomic E-state index is 6.20. The number of benzene rings is 1. The molecule has 138 valence electrons. The minimum absolute atomic E-state index is 0.0180. The molecule has 5 heteroatoms. The molecule has 2 fully saturated rings. The van der Waals surface area contributed by atoms with E-state index in [-0.39, 0.29) is 11.7 Å². The SMILES string of the molecule is COc1ccc(CN2CCC3(CC2)C[C@@H](Oc2ccccn2)CO3)cc1. The molecule has 1 atom stereocenters. The van der Waals surface area contributed by atoms with E-state index in [4.69, 9.17) is 14.2 Å². The summed E-state index contributed by atoms with van der Waals surface area (Å²) in [4.78, 5) is 6.76. The second-order valence-electron chi connectivity index (χ2n) is 7.23. The van der Waals surface area contributed by atoms with E-state index in [0.29, 0.717) is 12.5 Å². The van der Waals surface area contributed by atoms with E-state index in [0.717, 1.165) is 44.6 Å². The first-order valence-electron chi connectivity index (χ1n) is 9.32. The topological polar surface area (TPSA) is 43.8 Å². The number of methoxy groups -OCH3 is 1. The van der Waals surface area contributed by atoms with E-state index in [1.807, 2.05) is 30.3 Å². The summed E-state index contributed by atoms with van der Waals surface area (Å²) in [6.45, 7) is 3.76. The molecule has 2 aliphatic rings. The standard InChI is InChI=1S/C21H26N2O3/c1-24-18-7-5-17(6-8-18)15-23-12-9-21(10-13-23)14-19(16-25-21)26-20-4-2-3-11-22-20/h2-8,11,19H,9-10,12-16H2,1H3/t19-/m1/s1. The Labute approximate surface area is 154 Å². The van der Waals surface area contributed by atoms with Gasteiger partial charge in [-0.15, -0.1) is 0 Å². The first kappa shape index (κ1) is 17.3. The minimum atomic E-state index is -0.0180. The summed E-state index contributed by atoms with van der Waals surface area (Å²) in [6, 6.07) is 14.1. The Morgan fingerprint density at radius 1 is 1.15 bits per heavy atom. The molecule has 0 saturated carbocycles. The molecular formula is C21H26N2O3. The molecule has 1 aromatic carbocycles. The second-order valence-corrected chi connectivity index (χ2v) is 7.23. The van der Waals surface area contributed by atoms with Crippen LogP contribution in [-0.4, -0.2) is 48.4 Å². The summed E-state index contributed by atoms with van der Waals surface area (Å²) in [7, 11) is 1.70. The summed E-state index contributed by atoms with van der Waals surface area (Å²) in [6.07, 6.45) is 4.95. The van der Waals surface area contributed by atoms with Crippen LogP contribution in [0.15, 0.2) is 48.7 Å². The summed E-state index contributed by atoms with van der Waals surface area (Å²) in [5.74, 6) is 1.60. The van der Waals surface area contributed by atoms with Gasteiger partial charge in [-0.05, 0) is 36.6 Å². The number of nitrogens with zero attached hydrogens (tertiary/aromatic N) is 2. The number of rotatable bonds is 5. The van der Waals surface area contributed by atoms with E-state index in [2.05, 4.69) is 22.0 Å². The molecule has 3 heterocycles. The van der Waals surface area contributed by atoms with Crippen LogP contribution in [0.5, 0.6) is 11.6 Å². The third-order valence-electron chi connectivity index (χ3n) is 5.43. The predicted octanol–water partition coefficient (Wildman–Crippen LogP) is 3.29. The van der Waals surface area contributed by atoms with Gasteiger partial charge in [-0.3, -0.25) is 4.90 Å². The predicted molar refractivity (Wildman–Crippen MR) is 99.5 cm³/mol. The van der Waals surface area contributed by atoms with Crippen molar-refractivity contribution in [2.45, 2.75) is 37.5 Å². The molecule has 4 rings (SSSR count). The van der Waals surface area contributed by atoms with Gasteiger partial charge in [-0.25, -0.2) is 4.98 Å². The molecule has 5 nitrogen and oxygen atoms in total. The van der Waals surface area contributed by atoms with Crippen LogP contribution < -0.4 is 9.47 Å². The van der Waals surface area contributed by atoms with E-state index >= 15 is 0 Å². The molecule has 0 unspecified atom stereocenters.